The number of carbonyl (C=O) groups is 2. The van der Waals surface area contributed by atoms with Gasteiger partial charge >= 0.3 is 12.0 Å². The molecule has 0 radical (unpaired) electrons. The Bertz CT molecular complexity index is 762. The van der Waals surface area contributed by atoms with Crippen molar-refractivity contribution in [2.45, 2.75) is 32.7 Å². The molecule has 2 N–H and O–H groups in total. The van der Waals surface area contributed by atoms with Crippen molar-refractivity contribution in [3.05, 3.63) is 47.3 Å². The number of hydrogen-bond acceptors (Lipinski definition) is 4. The van der Waals surface area contributed by atoms with Gasteiger partial charge in [0.1, 0.15) is 0 Å². The minimum Gasteiger partial charge on any atom is -0.465 e. The van der Waals surface area contributed by atoms with Crippen molar-refractivity contribution in [1.29, 1.82) is 0 Å². The molecule has 0 fully saturated rings. The van der Waals surface area contributed by atoms with Crippen molar-refractivity contribution in [2.75, 3.05) is 19.5 Å². The van der Waals surface area contributed by atoms with Crippen molar-refractivity contribution in [2.24, 2.45) is 0 Å². The van der Waals surface area contributed by atoms with Gasteiger partial charge in [0, 0.05) is 18.2 Å². The summed E-state index contributed by atoms with van der Waals surface area (Å²) in [4.78, 5) is 25.4. The highest BCUT2D eigenvalue weighted by atomic mass is 16.5. The number of amides is 2. The number of urea groups is 1. The standard InChI is InChI=1S/C18H24N4O3/c1-18(2,3)15-10-14(20-21-15)11-22(4)17(24)19-13-8-6-7-12(9-13)16(23)25-5/h6-10H,11H2,1-5H3,(H,19,24)(H,20,21). The number of rotatable bonds is 4. The second-order valence-corrected chi connectivity index (χ2v) is 6.89. The van der Waals surface area contributed by atoms with Gasteiger partial charge in [-0.25, -0.2) is 9.59 Å². The second kappa shape index (κ2) is 7.38. The van der Waals surface area contributed by atoms with Crippen LogP contribution in [0.3, 0.4) is 0 Å². The Balaban J connectivity index is 2.01. The first kappa shape index (κ1) is 18.5. The van der Waals surface area contributed by atoms with Crippen molar-refractivity contribution in [1.82, 2.24) is 15.1 Å². The Hall–Kier alpha value is -2.83. The number of H-pyrrole nitrogens is 1. The fourth-order valence-corrected chi connectivity index (χ4v) is 2.21. The molecule has 7 heteroatoms. The Morgan fingerprint density at radius 1 is 1.28 bits per heavy atom. The molecule has 2 aromatic rings. The van der Waals surface area contributed by atoms with Crippen LogP contribution in [0.15, 0.2) is 30.3 Å². The minimum atomic E-state index is -0.448. The number of ether oxygens (including phenoxy) is 1. The number of aromatic amines is 1. The normalized spacial score (nSPS) is 11.1. The number of anilines is 1. The Labute approximate surface area is 147 Å². The van der Waals surface area contributed by atoms with Gasteiger partial charge in [0.2, 0.25) is 0 Å². The molecule has 0 aliphatic heterocycles. The van der Waals surface area contributed by atoms with E-state index in [4.69, 9.17) is 0 Å². The van der Waals surface area contributed by atoms with E-state index in [1.54, 1.807) is 31.3 Å². The predicted octanol–water partition coefficient (Wildman–Crippen LogP) is 3.16. The van der Waals surface area contributed by atoms with Crippen molar-refractivity contribution in [3.8, 4) is 0 Å². The highest BCUT2D eigenvalue weighted by Gasteiger charge is 2.18. The lowest BCUT2D eigenvalue weighted by Gasteiger charge is -2.17. The third kappa shape index (κ3) is 4.82. The summed E-state index contributed by atoms with van der Waals surface area (Å²) in [6.07, 6.45) is 0. The smallest absolute Gasteiger partial charge is 0.337 e. The minimum absolute atomic E-state index is 0.0517. The molecule has 0 spiro atoms. The largest absolute Gasteiger partial charge is 0.465 e. The molecular weight excluding hydrogens is 320 g/mol. The number of nitrogens with one attached hydrogen (secondary N) is 2. The highest BCUT2D eigenvalue weighted by Crippen LogP contribution is 2.20. The monoisotopic (exact) mass is 344 g/mol. The van der Waals surface area contributed by atoms with Crippen molar-refractivity contribution >= 4 is 17.7 Å². The number of methoxy groups -OCH3 is 1. The Kier molecular flexibility index (Phi) is 5.46. The van der Waals surface area contributed by atoms with E-state index in [0.29, 0.717) is 17.8 Å². The number of benzene rings is 1. The van der Waals surface area contributed by atoms with Gasteiger partial charge in [-0.3, -0.25) is 5.10 Å². The van der Waals surface area contributed by atoms with E-state index in [1.807, 2.05) is 6.07 Å². The third-order valence-electron chi connectivity index (χ3n) is 3.69. The van der Waals surface area contributed by atoms with Gasteiger partial charge in [0.25, 0.3) is 0 Å². The summed E-state index contributed by atoms with van der Waals surface area (Å²) in [6, 6.07) is 8.28. The van der Waals surface area contributed by atoms with Gasteiger partial charge in [-0.05, 0) is 24.3 Å². The number of hydrogen-bond donors (Lipinski definition) is 2. The maximum atomic E-state index is 12.3. The van der Waals surface area contributed by atoms with Crippen LogP contribution in [0.1, 0.15) is 42.5 Å². The van der Waals surface area contributed by atoms with Crippen LogP contribution in [0.4, 0.5) is 10.5 Å². The first-order valence-corrected chi connectivity index (χ1v) is 7.96. The molecular formula is C18H24N4O3. The van der Waals surface area contributed by atoms with Gasteiger partial charge in [-0.2, -0.15) is 5.10 Å². The van der Waals surface area contributed by atoms with Gasteiger partial charge in [0.15, 0.2) is 0 Å². The van der Waals surface area contributed by atoms with E-state index in [9.17, 15) is 9.59 Å². The maximum Gasteiger partial charge on any atom is 0.337 e. The molecule has 0 unspecified atom stereocenters. The first-order valence-electron chi connectivity index (χ1n) is 7.96. The summed E-state index contributed by atoms with van der Waals surface area (Å²) in [5, 5.41) is 10.0. The van der Waals surface area contributed by atoms with Crippen LogP contribution >= 0.6 is 0 Å². The molecule has 0 atom stereocenters. The molecule has 2 amide bonds. The Morgan fingerprint density at radius 2 is 2.00 bits per heavy atom. The summed E-state index contributed by atoms with van der Waals surface area (Å²) >= 11 is 0. The number of esters is 1. The van der Waals surface area contributed by atoms with E-state index in [2.05, 4.69) is 41.0 Å². The van der Waals surface area contributed by atoms with Gasteiger partial charge in [-0.15, -0.1) is 0 Å². The van der Waals surface area contributed by atoms with E-state index >= 15 is 0 Å². The molecule has 0 saturated heterocycles. The molecule has 2 rings (SSSR count). The van der Waals surface area contributed by atoms with Gasteiger partial charge < -0.3 is 15.0 Å². The first-order chi connectivity index (χ1) is 11.7. The van der Waals surface area contributed by atoms with E-state index in [-0.39, 0.29) is 11.4 Å². The molecule has 1 aromatic heterocycles. The SMILES string of the molecule is COC(=O)c1cccc(NC(=O)N(C)Cc2cc(C(C)(C)C)n[nH]2)c1. The van der Waals surface area contributed by atoms with Crippen LogP contribution in [0.2, 0.25) is 0 Å². The number of carbonyl (C=O) groups excluding carboxylic acids is 2. The lowest BCUT2D eigenvalue weighted by Crippen LogP contribution is -2.31. The summed E-state index contributed by atoms with van der Waals surface area (Å²) in [5.74, 6) is -0.448. The van der Waals surface area contributed by atoms with Gasteiger partial charge in [0.05, 0.1) is 30.6 Å². The van der Waals surface area contributed by atoms with Crippen LogP contribution in [-0.2, 0) is 16.7 Å². The lowest BCUT2D eigenvalue weighted by molar-refractivity contribution is 0.0600. The summed E-state index contributed by atoms with van der Waals surface area (Å²) in [7, 11) is 3.01. The van der Waals surface area contributed by atoms with Gasteiger partial charge in [-0.1, -0.05) is 26.8 Å². The summed E-state index contributed by atoms with van der Waals surface area (Å²) in [6.45, 7) is 6.64. The van der Waals surface area contributed by atoms with Crippen molar-refractivity contribution < 1.29 is 14.3 Å². The average Bonchev–Trinajstić information content (AvgIpc) is 3.03. The maximum absolute atomic E-state index is 12.3. The zero-order valence-electron chi connectivity index (χ0n) is 15.2. The van der Waals surface area contributed by atoms with Crippen LogP contribution < -0.4 is 5.32 Å². The van der Waals surface area contributed by atoms with Crippen molar-refractivity contribution in [3.63, 3.8) is 0 Å². The van der Waals surface area contributed by atoms with E-state index < -0.39 is 5.97 Å². The molecule has 134 valence electrons. The summed E-state index contributed by atoms with van der Waals surface area (Å²) in [5.41, 5.74) is 2.66. The molecule has 0 aliphatic rings. The van der Waals surface area contributed by atoms with E-state index in [0.717, 1.165) is 11.4 Å². The lowest BCUT2D eigenvalue weighted by atomic mass is 9.92. The molecule has 1 aromatic carbocycles. The molecule has 7 nitrogen and oxygen atoms in total. The molecule has 0 aliphatic carbocycles. The molecule has 0 saturated carbocycles. The average molecular weight is 344 g/mol. The van der Waals surface area contributed by atoms with Crippen LogP contribution in [-0.4, -0.2) is 41.3 Å². The molecule has 0 bridgehead atoms. The van der Waals surface area contributed by atoms with Crippen LogP contribution in [0.25, 0.3) is 0 Å². The number of nitrogens with zero attached hydrogens (tertiary/aromatic N) is 2. The quantitative estimate of drug-likeness (QED) is 0.834. The third-order valence-corrected chi connectivity index (χ3v) is 3.69. The van der Waals surface area contributed by atoms with Crippen LogP contribution in [0, 0.1) is 0 Å². The van der Waals surface area contributed by atoms with Crippen LogP contribution in [0.5, 0.6) is 0 Å². The topological polar surface area (TPSA) is 87.3 Å². The Morgan fingerprint density at radius 3 is 2.60 bits per heavy atom. The zero-order chi connectivity index (χ0) is 18.6. The fourth-order valence-electron chi connectivity index (χ4n) is 2.21. The molecule has 1 heterocycles. The number of aromatic nitrogens is 2. The summed E-state index contributed by atoms with van der Waals surface area (Å²) < 4.78 is 4.68. The molecule has 25 heavy (non-hydrogen) atoms. The zero-order valence-corrected chi connectivity index (χ0v) is 15.2. The van der Waals surface area contributed by atoms with E-state index in [1.165, 1.54) is 12.0 Å². The second-order valence-electron chi connectivity index (χ2n) is 6.89. The predicted molar refractivity (Wildman–Crippen MR) is 95.6 cm³/mol. The highest BCUT2D eigenvalue weighted by molar-refractivity contribution is 5.93. The fraction of sp³-hybridized carbons (Fsp3) is 0.389.